The maximum absolute atomic E-state index is 5.82. The number of hydrogen-bond donors (Lipinski definition) is 0. The van der Waals surface area contributed by atoms with Crippen LogP contribution in [0.3, 0.4) is 0 Å². The summed E-state index contributed by atoms with van der Waals surface area (Å²) in [4.78, 5) is 0. The SMILES string of the molecule is C[C@H]1OC(C)(C)O[C@@H]1c1ccccc1. The molecule has 0 radical (unpaired) electrons. The zero-order valence-corrected chi connectivity index (χ0v) is 8.86. The molecule has 2 rings (SSSR count). The lowest BCUT2D eigenvalue weighted by atomic mass is 10.1. The van der Waals surface area contributed by atoms with Crippen LogP contribution in [0.2, 0.25) is 0 Å². The van der Waals surface area contributed by atoms with Crippen molar-refractivity contribution in [2.24, 2.45) is 0 Å². The van der Waals surface area contributed by atoms with Crippen LogP contribution in [0, 0.1) is 0 Å². The molecule has 0 bridgehead atoms. The molecule has 1 fully saturated rings. The highest BCUT2D eigenvalue weighted by Gasteiger charge is 2.39. The first-order chi connectivity index (χ1) is 6.58. The summed E-state index contributed by atoms with van der Waals surface area (Å²) < 4.78 is 11.5. The van der Waals surface area contributed by atoms with Crippen molar-refractivity contribution in [2.75, 3.05) is 0 Å². The molecule has 0 saturated carbocycles. The normalized spacial score (nSPS) is 30.5. The number of benzene rings is 1. The Bertz CT molecular complexity index is 305. The molecule has 1 saturated heterocycles. The van der Waals surface area contributed by atoms with Gasteiger partial charge < -0.3 is 9.47 Å². The highest BCUT2D eigenvalue weighted by Crippen LogP contribution is 2.37. The van der Waals surface area contributed by atoms with Crippen molar-refractivity contribution in [3.8, 4) is 0 Å². The van der Waals surface area contributed by atoms with Crippen LogP contribution in [0.5, 0.6) is 0 Å². The molecule has 1 heterocycles. The van der Waals surface area contributed by atoms with Crippen LogP contribution in [-0.2, 0) is 9.47 Å². The molecule has 0 aliphatic carbocycles. The second-order valence-electron chi connectivity index (χ2n) is 4.17. The van der Waals surface area contributed by atoms with Gasteiger partial charge in [0.2, 0.25) is 0 Å². The van der Waals surface area contributed by atoms with Gasteiger partial charge in [-0.15, -0.1) is 0 Å². The molecule has 1 aromatic carbocycles. The summed E-state index contributed by atoms with van der Waals surface area (Å²) in [6.45, 7) is 5.95. The molecule has 1 aliphatic heterocycles. The maximum atomic E-state index is 5.82. The summed E-state index contributed by atoms with van der Waals surface area (Å²) in [5.74, 6) is -0.458. The fraction of sp³-hybridized carbons (Fsp3) is 0.500. The van der Waals surface area contributed by atoms with E-state index in [-0.39, 0.29) is 12.2 Å². The maximum Gasteiger partial charge on any atom is 0.164 e. The lowest BCUT2D eigenvalue weighted by molar-refractivity contribution is -0.145. The first-order valence-electron chi connectivity index (χ1n) is 4.99. The van der Waals surface area contributed by atoms with Gasteiger partial charge in [0, 0.05) is 0 Å². The Labute approximate surface area is 84.8 Å². The molecule has 2 atom stereocenters. The van der Waals surface area contributed by atoms with Crippen molar-refractivity contribution in [2.45, 2.75) is 38.8 Å². The highest BCUT2D eigenvalue weighted by molar-refractivity contribution is 5.19. The van der Waals surface area contributed by atoms with Crippen molar-refractivity contribution in [3.05, 3.63) is 35.9 Å². The third-order valence-corrected chi connectivity index (χ3v) is 2.43. The van der Waals surface area contributed by atoms with E-state index >= 15 is 0 Å². The molecular formula is C12H16O2. The molecular weight excluding hydrogens is 176 g/mol. The average molecular weight is 192 g/mol. The first-order valence-corrected chi connectivity index (χ1v) is 4.99. The minimum atomic E-state index is -0.458. The topological polar surface area (TPSA) is 18.5 Å². The van der Waals surface area contributed by atoms with Gasteiger partial charge >= 0.3 is 0 Å². The van der Waals surface area contributed by atoms with Crippen LogP contribution in [-0.4, -0.2) is 11.9 Å². The van der Waals surface area contributed by atoms with Crippen molar-refractivity contribution < 1.29 is 9.47 Å². The molecule has 2 heteroatoms. The Kier molecular flexibility index (Phi) is 2.33. The zero-order chi connectivity index (χ0) is 10.2. The van der Waals surface area contributed by atoms with Crippen LogP contribution in [0.15, 0.2) is 30.3 Å². The minimum Gasteiger partial charge on any atom is -0.344 e. The van der Waals surface area contributed by atoms with Gasteiger partial charge in [0.1, 0.15) is 6.10 Å². The quantitative estimate of drug-likeness (QED) is 0.681. The standard InChI is InChI=1S/C12H16O2/c1-9-11(14-12(2,3)13-9)10-7-5-4-6-8-10/h4-9,11H,1-3H3/t9-,11+/m1/s1. The fourth-order valence-electron chi connectivity index (χ4n) is 1.92. The van der Waals surface area contributed by atoms with Gasteiger partial charge in [-0.05, 0) is 26.3 Å². The summed E-state index contributed by atoms with van der Waals surface area (Å²) in [6.07, 6.45) is 0.179. The van der Waals surface area contributed by atoms with Crippen LogP contribution in [0.1, 0.15) is 32.4 Å². The summed E-state index contributed by atoms with van der Waals surface area (Å²) in [6, 6.07) is 10.2. The van der Waals surface area contributed by atoms with Gasteiger partial charge in [0.15, 0.2) is 5.79 Å². The van der Waals surface area contributed by atoms with Gasteiger partial charge in [-0.1, -0.05) is 30.3 Å². The minimum absolute atomic E-state index is 0.0613. The number of rotatable bonds is 1. The van der Waals surface area contributed by atoms with E-state index in [0.29, 0.717) is 0 Å². The van der Waals surface area contributed by atoms with Crippen molar-refractivity contribution in [3.63, 3.8) is 0 Å². The monoisotopic (exact) mass is 192 g/mol. The van der Waals surface area contributed by atoms with E-state index in [4.69, 9.17) is 9.47 Å². The Balaban J connectivity index is 2.21. The lowest BCUT2D eigenvalue weighted by Gasteiger charge is -2.16. The molecule has 0 spiro atoms. The molecule has 0 unspecified atom stereocenters. The highest BCUT2D eigenvalue weighted by atomic mass is 16.7. The Morgan fingerprint density at radius 3 is 2.21 bits per heavy atom. The van der Waals surface area contributed by atoms with Crippen molar-refractivity contribution >= 4 is 0 Å². The molecule has 1 aromatic rings. The van der Waals surface area contributed by atoms with Crippen LogP contribution >= 0.6 is 0 Å². The van der Waals surface area contributed by atoms with E-state index in [1.54, 1.807) is 0 Å². The van der Waals surface area contributed by atoms with Crippen LogP contribution in [0.4, 0.5) is 0 Å². The fourth-order valence-corrected chi connectivity index (χ4v) is 1.92. The van der Waals surface area contributed by atoms with E-state index in [2.05, 4.69) is 12.1 Å². The van der Waals surface area contributed by atoms with Crippen LogP contribution < -0.4 is 0 Å². The molecule has 1 aliphatic rings. The van der Waals surface area contributed by atoms with E-state index in [1.807, 2.05) is 39.0 Å². The van der Waals surface area contributed by atoms with Crippen molar-refractivity contribution in [1.29, 1.82) is 0 Å². The van der Waals surface area contributed by atoms with Crippen LogP contribution in [0.25, 0.3) is 0 Å². The third kappa shape index (κ3) is 1.81. The predicted octanol–water partition coefficient (Wildman–Crippen LogP) is 2.90. The van der Waals surface area contributed by atoms with Crippen molar-refractivity contribution in [1.82, 2.24) is 0 Å². The Hall–Kier alpha value is -0.860. The van der Waals surface area contributed by atoms with Gasteiger partial charge in [-0.2, -0.15) is 0 Å². The average Bonchev–Trinajstić information content (AvgIpc) is 2.41. The number of ether oxygens (including phenoxy) is 2. The number of hydrogen-bond acceptors (Lipinski definition) is 2. The third-order valence-electron chi connectivity index (χ3n) is 2.43. The second-order valence-corrected chi connectivity index (χ2v) is 4.17. The summed E-state index contributed by atoms with van der Waals surface area (Å²) in [5, 5.41) is 0. The zero-order valence-electron chi connectivity index (χ0n) is 8.86. The van der Waals surface area contributed by atoms with E-state index in [0.717, 1.165) is 0 Å². The van der Waals surface area contributed by atoms with Gasteiger partial charge in [0.25, 0.3) is 0 Å². The molecule has 14 heavy (non-hydrogen) atoms. The predicted molar refractivity (Wildman–Crippen MR) is 54.9 cm³/mol. The van der Waals surface area contributed by atoms with E-state index < -0.39 is 5.79 Å². The lowest BCUT2D eigenvalue weighted by Crippen LogP contribution is -2.20. The first kappa shape index (κ1) is 9.69. The smallest absolute Gasteiger partial charge is 0.164 e. The van der Waals surface area contributed by atoms with E-state index in [9.17, 15) is 0 Å². The summed E-state index contributed by atoms with van der Waals surface area (Å²) in [5.41, 5.74) is 1.19. The van der Waals surface area contributed by atoms with Gasteiger partial charge in [0.05, 0.1) is 6.10 Å². The largest absolute Gasteiger partial charge is 0.344 e. The molecule has 0 amide bonds. The van der Waals surface area contributed by atoms with Gasteiger partial charge in [-0.3, -0.25) is 0 Å². The molecule has 76 valence electrons. The van der Waals surface area contributed by atoms with E-state index in [1.165, 1.54) is 5.56 Å². The summed E-state index contributed by atoms with van der Waals surface area (Å²) in [7, 11) is 0. The van der Waals surface area contributed by atoms with Gasteiger partial charge in [-0.25, -0.2) is 0 Å². The Morgan fingerprint density at radius 2 is 1.71 bits per heavy atom. The molecule has 0 aromatic heterocycles. The Morgan fingerprint density at radius 1 is 1.07 bits per heavy atom. The molecule has 2 nitrogen and oxygen atoms in total. The molecule has 0 N–H and O–H groups in total. The second kappa shape index (κ2) is 3.37. The summed E-state index contributed by atoms with van der Waals surface area (Å²) >= 11 is 0.